The molecular formula is C14H19NO. The summed E-state index contributed by atoms with van der Waals surface area (Å²) in [6.07, 6.45) is 1.77. The monoisotopic (exact) mass is 217 g/mol. The molecule has 0 aliphatic carbocycles. The van der Waals surface area contributed by atoms with E-state index in [-0.39, 0.29) is 5.91 Å². The van der Waals surface area contributed by atoms with Crippen molar-refractivity contribution in [3.63, 3.8) is 0 Å². The van der Waals surface area contributed by atoms with Gasteiger partial charge < -0.3 is 4.90 Å². The Morgan fingerprint density at radius 1 is 1.19 bits per heavy atom. The summed E-state index contributed by atoms with van der Waals surface area (Å²) < 4.78 is 0. The second-order valence-electron chi connectivity index (χ2n) is 5.70. The Labute approximate surface area is 97.3 Å². The van der Waals surface area contributed by atoms with Gasteiger partial charge in [-0.05, 0) is 29.5 Å². The van der Waals surface area contributed by atoms with Gasteiger partial charge in [0.15, 0.2) is 0 Å². The van der Waals surface area contributed by atoms with Crippen molar-refractivity contribution in [1.29, 1.82) is 0 Å². The van der Waals surface area contributed by atoms with E-state index < -0.39 is 0 Å². The van der Waals surface area contributed by atoms with Crippen LogP contribution in [0.2, 0.25) is 0 Å². The molecule has 0 spiro atoms. The number of carbonyl (C=O) groups is 1. The zero-order valence-electron chi connectivity index (χ0n) is 10.3. The molecule has 1 fully saturated rings. The van der Waals surface area contributed by atoms with Gasteiger partial charge in [0.05, 0.1) is 0 Å². The van der Waals surface area contributed by atoms with Gasteiger partial charge in [0.25, 0.3) is 0 Å². The quantitative estimate of drug-likeness (QED) is 0.697. The summed E-state index contributed by atoms with van der Waals surface area (Å²) in [5.74, 6) is 0.239. The molecule has 0 saturated carbocycles. The molecule has 1 saturated heterocycles. The van der Waals surface area contributed by atoms with Crippen LogP contribution < -0.4 is 4.90 Å². The van der Waals surface area contributed by atoms with E-state index >= 15 is 0 Å². The van der Waals surface area contributed by atoms with Crippen LogP contribution in [0.3, 0.4) is 0 Å². The van der Waals surface area contributed by atoms with Crippen LogP contribution in [0.5, 0.6) is 0 Å². The average Bonchev–Trinajstić information content (AvgIpc) is 2.16. The molecule has 0 N–H and O–H groups in total. The third kappa shape index (κ3) is 2.43. The highest BCUT2D eigenvalue weighted by Crippen LogP contribution is 2.25. The Morgan fingerprint density at radius 3 is 2.19 bits per heavy atom. The van der Waals surface area contributed by atoms with Gasteiger partial charge in [0.2, 0.25) is 5.91 Å². The molecule has 1 amide bonds. The minimum Gasteiger partial charge on any atom is -0.312 e. The highest BCUT2D eigenvalue weighted by Gasteiger charge is 2.24. The van der Waals surface area contributed by atoms with Crippen LogP contribution in [0.1, 0.15) is 32.8 Å². The van der Waals surface area contributed by atoms with Crippen molar-refractivity contribution in [3.8, 4) is 0 Å². The molecule has 0 radical (unpaired) electrons. The highest BCUT2D eigenvalue weighted by atomic mass is 16.2. The maximum atomic E-state index is 11.3. The number of carbonyl (C=O) groups excluding carboxylic acids is 1. The van der Waals surface area contributed by atoms with E-state index in [1.165, 1.54) is 5.56 Å². The summed E-state index contributed by atoms with van der Waals surface area (Å²) in [6, 6.07) is 8.37. The number of anilines is 1. The molecule has 1 heterocycles. The topological polar surface area (TPSA) is 20.3 Å². The molecule has 0 atom stereocenters. The molecule has 1 aliphatic heterocycles. The fourth-order valence-electron chi connectivity index (χ4n) is 1.99. The van der Waals surface area contributed by atoms with Crippen LogP contribution in [-0.4, -0.2) is 12.5 Å². The first-order valence-corrected chi connectivity index (χ1v) is 5.85. The maximum Gasteiger partial charge on any atom is 0.228 e. The molecule has 1 aromatic carbocycles. The first kappa shape index (κ1) is 11.2. The Balaban J connectivity index is 2.07. The number of β-lactam (4-membered cyclic amide) rings is 1. The fourth-order valence-corrected chi connectivity index (χ4v) is 1.99. The molecule has 1 aromatic rings. The molecule has 0 bridgehead atoms. The zero-order valence-corrected chi connectivity index (χ0v) is 10.3. The molecule has 0 aromatic heterocycles. The standard InChI is InChI=1S/C14H19NO/c1-14(2,3)10-11-4-6-12(7-5-11)15-9-8-13(15)16/h4-7H,8-10H2,1-3H3. The van der Waals surface area contributed by atoms with Crippen molar-refractivity contribution in [1.82, 2.24) is 0 Å². The number of nitrogens with zero attached hydrogens (tertiary/aromatic N) is 1. The summed E-state index contributed by atoms with van der Waals surface area (Å²) in [4.78, 5) is 13.1. The van der Waals surface area contributed by atoms with Crippen LogP contribution in [0, 0.1) is 5.41 Å². The first-order valence-electron chi connectivity index (χ1n) is 5.85. The number of rotatable bonds is 2. The van der Waals surface area contributed by atoms with E-state index in [1.54, 1.807) is 0 Å². The number of hydrogen-bond acceptors (Lipinski definition) is 1. The zero-order chi connectivity index (χ0) is 11.8. The van der Waals surface area contributed by atoms with E-state index in [0.717, 1.165) is 18.7 Å². The van der Waals surface area contributed by atoms with E-state index in [2.05, 4.69) is 45.0 Å². The smallest absolute Gasteiger partial charge is 0.228 e. The molecule has 2 nitrogen and oxygen atoms in total. The lowest BCUT2D eigenvalue weighted by atomic mass is 9.88. The van der Waals surface area contributed by atoms with Crippen molar-refractivity contribution >= 4 is 11.6 Å². The Hall–Kier alpha value is -1.31. The summed E-state index contributed by atoms with van der Waals surface area (Å²) in [7, 11) is 0. The van der Waals surface area contributed by atoms with Gasteiger partial charge in [-0.15, -0.1) is 0 Å². The minimum atomic E-state index is 0.239. The van der Waals surface area contributed by atoms with Crippen molar-refractivity contribution in [2.45, 2.75) is 33.6 Å². The number of benzene rings is 1. The molecular weight excluding hydrogens is 198 g/mol. The van der Waals surface area contributed by atoms with E-state index in [9.17, 15) is 4.79 Å². The second kappa shape index (κ2) is 3.93. The van der Waals surface area contributed by atoms with Crippen molar-refractivity contribution < 1.29 is 4.79 Å². The molecule has 16 heavy (non-hydrogen) atoms. The predicted octanol–water partition coefficient (Wildman–Crippen LogP) is 3.01. The third-order valence-corrected chi connectivity index (χ3v) is 2.83. The SMILES string of the molecule is CC(C)(C)Cc1ccc(N2CCC2=O)cc1. The highest BCUT2D eigenvalue weighted by molar-refractivity contribution is 5.99. The van der Waals surface area contributed by atoms with Crippen LogP contribution in [0.25, 0.3) is 0 Å². The van der Waals surface area contributed by atoms with Crippen LogP contribution in [-0.2, 0) is 11.2 Å². The van der Waals surface area contributed by atoms with Gasteiger partial charge in [-0.2, -0.15) is 0 Å². The third-order valence-electron chi connectivity index (χ3n) is 2.83. The number of hydrogen-bond donors (Lipinski definition) is 0. The Kier molecular flexibility index (Phi) is 2.75. The van der Waals surface area contributed by atoms with Crippen LogP contribution in [0.15, 0.2) is 24.3 Å². The minimum absolute atomic E-state index is 0.239. The predicted molar refractivity (Wildman–Crippen MR) is 66.6 cm³/mol. The summed E-state index contributed by atoms with van der Waals surface area (Å²) in [6.45, 7) is 7.58. The summed E-state index contributed by atoms with van der Waals surface area (Å²) >= 11 is 0. The van der Waals surface area contributed by atoms with Crippen molar-refractivity contribution in [2.24, 2.45) is 5.41 Å². The van der Waals surface area contributed by atoms with Gasteiger partial charge in [0, 0.05) is 18.7 Å². The molecule has 2 heteroatoms. The molecule has 2 rings (SSSR count). The van der Waals surface area contributed by atoms with Gasteiger partial charge >= 0.3 is 0 Å². The van der Waals surface area contributed by atoms with Gasteiger partial charge in [-0.25, -0.2) is 0 Å². The summed E-state index contributed by atoms with van der Waals surface area (Å²) in [5.41, 5.74) is 2.69. The van der Waals surface area contributed by atoms with Gasteiger partial charge in [-0.1, -0.05) is 32.9 Å². The lowest BCUT2D eigenvalue weighted by molar-refractivity contribution is -0.122. The van der Waals surface area contributed by atoms with Crippen molar-refractivity contribution in [2.75, 3.05) is 11.4 Å². The fraction of sp³-hybridized carbons (Fsp3) is 0.500. The van der Waals surface area contributed by atoms with E-state index in [4.69, 9.17) is 0 Å². The first-order chi connectivity index (χ1) is 7.46. The van der Waals surface area contributed by atoms with Gasteiger partial charge in [-0.3, -0.25) is 4.79 Å². The lowest BCUT2D eigenvalue weighted by Gasteiger charge is -2.30. The van der Waals surface area contributed by atoms with Gasteiger partial charge in [0.1, 0.15) is 0 Å². The van der Waals surface area contributed by atoms with Crippen LogP contribution in [0.4, 0.5) is 5.69 Å². The Morgan fingerprint density at radius 2 is 1.81 bits per heavy atom. The second-order valence-corrected chi connectivity index (χ2v) is 5.70. The van der Waals surface area contributed by atoms with Crippen LogP contribution >= 0.6 is 0 Å². The van der Waals surface area contributed by atoms with E-state index in [0.29, 0.717) is 11.8 Å². The largest absolute Gasteiger partial charge is 0.312 e. The normalized spacial score (nSPS) is 16.2. The average molecular weight is 217 g/mol. The Bertz CT molecular complexity index is 386. The van der Waals surface area contributed by atoms with Crippen molar-refractivity contribution in [3.05, 3.63) is 29.8 Å². The molecule has 1 aliphatic rings. The maximum absolute atomic E-state index is 11.3. The lowest BCUT2D eigenvalue weighted by Crippen LogP contribution is -2.43. The number of amides is 1. The summed E-state index contributed by atoms with van der Waals surface area (Å²) in [5, 5.41) is 0. The van der Waals surface area contributed by atoms with E-state index in [1.807, 2.05) is 4.90 Å². The molecule has 0 unspecified atom stereocenters. The molecule has 86 valence electrons.